The minimum atomic E-state index is -3.74. The molecule has 1 aromatic carbocycles. The zero-order valence-corrected chi connectivity index (χ0v) is 16.1. The number of benzene rings is 1. The zero-order valence-electron chi connectivity index (χ0n) is 14.5. The summed E-state index contributed by atoms with van der Waals surface area (Å²) in [5.74, 6) is 0. The minimum Gasteiger partial charge on any atom is -0.376 e. The second-order valence-electron chi connectivity index (χ2n) is 6.36. The summed E-state index contributed by atoms with van der Waals surface area (Å²) in [6, 6.07) is 5.33. The van der Waals surface area contributed by atoms with E-state index in [0.29, 0.717) is 32.9 Å². The standard InChI is InChI=1S/C16H24N2O6S2/c19-25(20,17-12-14-13-23-10-11-24-14)15-4-6-16(7-5-15)26(21,22)18-8-2-1-3-9-18/h4-7,14,17H,1-3,8-13H2. The summed E-state index contributed by atoms with van der Waals surface area (Å²) in [5, 5.41) is 0. The van der Waals surface area contributed by atoms with E-state index in [1.165, 1.54) is 28.6 Å². The number of hydrogen-bond donors (Lipinski definition) is 1. The van der Waals surface area contributed by atoms with Gasteiger partial charge in [0, 0.05) is 19.6 Å². The van der Waals surface area contributed by atoms with Crippen LogP contribution in [-0.2, 0) is 29.5 Å². The van der Waals surface area contributed by atoms with Gasteiger partial charge in [0.2, 0.25) is 20.0 Å². The molecule has 0 radical (unpaired) electrons. The SMILES string of the molecule is O=S(=O)(NCC1COCCO1)c1ccc(S(=O)(=O)N2CCCCC2)cc1. The molecule has 10 heteroatoms. The quantitative estimate of drug-likeness (QED) is 0.743. The highest BCUT2D eigenvalue weighted by Crippen LogP contribution is 2.22. The lowest BCUT2D eigenvalue weighted by molar-refractivity contribution is -0.0846. The Morgan fingerprint density at radius 1 is 0.962 bits per heavy atom. The molecule has 0 spiro atoms. The maximum Gasteiger partial charge on any atom is 0.243 e. The summed E-state index contributed by atoms with van der Waals surface area (Å²) in [7, 11) is -7.31. The molecule has 0 aliphatic carbocycles. The fraction of sp³-hybridized carbons (Fsp3) is 0.625. The van der Waals surface area contributed by atoms with Gasteiger partial charge in [0.1, 0.15) is 0 Å². The number of hydrogen-bond acceptors (Lipinski definition) is 6. The van der Waals surface area contributed by atoms with Crippen molar-refractivity contribution in [3.63, 3.8) is 0 Å². The highest BCUT2D eigenvalue weighted by molar-refractivity contribution is 7.89. The Balaban J connectivity index is 1.67. The Hall–Kier alpha value is -1.04. The summed E-state index contributed by atoms with van der Waals surface area (Å²) < 4.78 is 64.5. The molecule has 2 aliphatic rings. The van der Waals surface area contributed by atoms with Crippen molar-refractivity contribution in [2.45, 2.75) is 35.2 Å². The first-order valence-corrected chi connectivity index (χ1v) is 11.6. The van der Waals surface area contributed by atoms with E-state index in [9.17, 15) is 16.8 Å². The van der Waals surface area contributed by atoms with E-state index in [1.807, 2.05) is 0 Å². The molecule has 2 aliphatic heterocycles. The van der Waals surface area contributed by atoms with E-state index >= 15 is 0 Å². The molecule has 0 bridgehead atoms. The first-order chi connectivity index (χ1) is 12.4. The van der Waals surface area contributed by atoms with E-state index in [0.717, 1.165) is 19.3 Å². The predicted octanol–water partition coefficient (Wildman–Crippen LogP) is 0.555. The Labute approximate surface area is 154 Å². The third-order valence-electron chi connectivity index (χ3n) is 4.47. The van der Waals surface area contributed by atoms with Crippen LogP contribution in [0.2, 0.25) is 0 Å². The van der Waals surface area contributed by atoms with Crippen molar-refractivity contribution in [2.75, 3.05) is 39.5 Å². The molecule has 2 heterocycles. The summed E-state index contributed by atoms with van der Waals surface area (Å²) in [5.41, 5.74) is 0. The molecule has 0 saturated carbocycles. The molecule has 0 amide bonds. The van der Waals surface area contributed by atoms with Crippen molar-refractivity contribution in [3.8, 4) is 0 Å². The van der Waals surface area contributed by atoms with Crippen LogP contribution in [0.15, 0.2) is 34.1 Å². The van der Waals surface area contributed by atoms with Gasteiger partial charge in [-0.25, -0.2) is 21.6 Å². The maximum atomic E-state index is 12.6. The van der Waals surface area contributed by atoms with Crippen LogP contribution in [0.1, 0.15) is 19.3 Å². The average Bonchev–Trinajstić information content (AvgIpc) is 2.68. The summed E-state index contributed by atoms with van der Waals surface area (Å²) >= 11 is 0. The van der Waals surface area contributed by atoms with Crippen LogP contribution in [-0.4, -0.2) is 66.7 Å². The van der Waals surface area contributed by atoms with Gasteiger partial charge in [-0.3, -0.25) is 0 Å². The molecule has 1 unspecified atom stereocenters. The van der Waals surface area contributed by atoms with E-state index in [-0.39, 0.29) is 22.4 Å². The topological polar surface area (TPSA) is 102 Å². The van der Waals surface area contributed by atoms with Gasteiger partial charge < -0.3 is 9.47 Å². The first kappa shape index (κ1) is 19.7. The number of nitrogens with one attached hydrogen (secondary N) is 1. The molecular formula is C16H24N2O6S2. The molecule has 2 fully saturated rings. The van der Waals surface area contributed by atoms with Crippen LogP contribution in [0.4, 0.5) is 0 Å². The van der Waals surface area contributed by atoms with Crippen molar-refractivity contribution in [1.82, 2.24) is 9.03 Å². The molecule has 8 nitrogen and oxygen atoms in total. The van der Waals surface area contributed by atoms with Gasteiger partial charge in [-0.2, -0.15) is 4.31 Å². The third kappa shape index (κ3) is 4.62. The molecule has 0 aromatic heterocycles. The number of nitrogens with zero attached hydrogens (tertiary/aromatic N) is 1. The number of sulfonamides is 2. The maximum absolute atomic E-state index is 12.6. The highest BCUT2D eigenvalue weighted by atomic mass is 32.2. The molecule has 1 atom stereocenters. The van der Waals surface area contributed by atoms with Crippen LogP contribution in [0, 0.1) is 0 Å². The van der Waals surface area contributed by atoms with E-state index in [2.05, 4.69) is 4.72 Å². The van der Waals surface area contributed by atoms with Crippen LogP contribution in [0.3, 0.4) is 0 Å². The van der Waals surface area contributed by atoms with Crippen molar-refractivity contribution in [2.24, 2.45) is 0 Å². The van der Waals surface area contributed by atoms with Gasteiger partial charge in [0.05, 0.1) is 35.7 Å². The lowest BCUT2D eigenvalue weighted by atomic mass is 10.2. The summed E-state index contributed by atoms with van der Waals surface area (Å²) in [6.07, 6.45) is 2.41. The number of ether oxygens (including phenoxy) is 2. The molecule has 1 N–H and O–H groups in total. The van der Waals surface area contributed by atoms with E-state index < -0.39 is 20.0 Å². The van der Waals surface area contributed by atoms with Crippen LogP contribution >= 0.6 is 0 Å². The van der Waals surface area contributed by atoms with Crippen LogP contribution in [0.25, 0.3) is 0 Å². The normalized spacial score (nSPS) is 23.0. The van der Waals surface area contributed by atoms with Gasteiger partial charge >= 0.3 is 0 Å². The van der Waals surface area contributed by atoms with Crippen LogP contribution in [0.5, 0.6) is 0 Å². The fourth-order valence-electron chi connectivity index (χ4n) is 2.99. The van der Waals surface area contributed by atoms with Gasteiger partial charge in [-0.1, -0.05) is 6.42 Å². The molecule has 1 aromatic rings. The van der Waals surface area contributed by atoms with Gasteiger partial charge in [-0.05, 0) is 37.1 Å². The molecular weight excluding hydrogens is 380 g/mol. The lowest BCUT2D eigenvalue weighted by Crippen LogP contribution is -2.39. The van der Waals surface area contributed by atoms with E-state index in [4.69, 9.17) is 9.47 Å². The smallest absolute Gasteiger partial charge is 0.243 e. The second kappa shape index (κ2) is 8.32. The monoisotopic (exact) mass is 404 g/mol. The van der Waals surface area contributed by atoms with Crippen molar-refractivity contribution >= 4 is 20.0 Å². The van der Waals surface area contributed by atoms with Gasteiger partial charge in [0.15, 0.2) is 0 Å². The van der Waals surface area contributed by atoms with Crippen molar-refractivity contribution in [3.05, 3.63) is 24.3 Å². The van der Waals surface area contributed by atoms with Crippen molar-refractivity contribution in [1.29, 1.82) is 0 Å². The Bertz CT molecular complexity index is 796. The third-order valence-corrected chi connectivity index (χ3v) is 7.83. The first-order valence-electron chi connectivity index (χ1n) is 8.69. The van der Waals surface area contributed by atoms with E-state index in [1.54, 1.807) is 0 Å². The largest absolute Gasteiger partial charge is 0.376 e. The zero-order chi connectivity index (χ0) is 18.6. The molecule has 3 rings (SSSR count). The average molecular weight is 405 g/mol. The summed E-state index contributed by atoms with van der Waals surface area (Å²) in [4.78, 5) is 0.134. The lowest BCUT2D eigenvalue weighted by Gasteiger charge is -2.26. The molecule has 26 heavy (non-hydrogen) atoms. The minimum absolute atomic E-state index is 0.0202. The molecule has 2 saturated heterocycles. The van der Waals surface area contributed by atoms with Crippen molar-refractivity contribution < 1.29 is 26.3 Å². The predicted molar refractivity (Wildman–Crippen MR) is 94.8 cm³/mol. The molecule has 146 valence electrons. The summed E-state index contributed by atoms with van der Waals surface area (Å²) in [6.45, 7) is 2.41. The highest BCUT2D eigenvalue weighted by Gasteiger charge is 2.26. The Morgan fingerprint density at radius 3 is 2.23 bits per heavy atom. The van der Waals surface area contributed by atoms with Gasteiger partial charge in [0.25, 0.3) is 0 Å². The Morgan fingerprint density at radius 2 is 1.62 bits per heavy atom. The Kier molecular flexibility index (Phi) is 6.31. The fourth-order valence-corrected chi connectivity index (χ4v) is 5.57. The second-order valence-corrected chi connectivity index (χ2v) is 10.1. The number of piperidine rings is 1. The van der Waals surface area contributed by atoms with Gasteiger partial charge in [-0.15, -0.1) is 0 Å². The van der Waals surface area contributed by atoms with Crippen LogP contribution < -0.4 is 4.72 Å². The number of rotatable bonds is 6.